The van der Waals surface area contributed by atoms with Crippen LogP contribution in [0.1, 0.15) is 5.56 Å². The molecule has 24 heavy (non-hydrogen) atoms. The lowest BCUT2D eigenvalue weighted by Gasteiger charge is -2.16. The first kappa shape index (κ1) is 15.9. The minimum atomic E-state index is -0.293. The van der Waals surface area contributed by atoms with Crippen molar-refractivity contribution in [3.63, 3.8) is 0 Å². The molecule has 0 saturated carbocycles. The molecule has 1 heterocycles. The molecule has 0 aliphatic heterocycles. The summed E-state index contributed by atoms with van der Waals surface area (Å²) in [6.45, 7) is 0.459. The Balaban J connectivity index is 1.61. The zero-order chi connectivity index (χ0) is 17.1. The van der Waals surface area contributed by atoms with Gasteiger partial charge in [0.15, 0.2) is 0 Å². The van der Waals surface area contributed by atoms with Crippen LogP contribution in [0.25, 0.3) is 11.0 Å². The molecule has 0 fully saturated rings. The number of anilines is 1. The Hall–Kier alpha value is -2.93. The maximum atomic E-state index is 13.6. The zero-order valence-electron chi connectivity index (χ0n) is 13.1. The van der Waals surface area contributed by atoms with Gasteiger partial charge in [-0.2, -0.15) is 0 Å². The van der Waals surface area contributed by atoms with Crippen LogP contribution in [0.5, 0.6) is 0 Å². The van der Waals surface area contributed by atoms with Crippen LogP contribution in [0, 0.1) is 5.82 Å². The fourth-order valence-corrected chi connectivity index (χ4v) is 2.53. The highest BCUT2D eigenvalue weighted by Gasteiger charge is 2.10. The largest absolute Gasteiger partial charge is 0.325 e. The molecule has 0 unspecified atom stereocenters. The van der Waals surface area contributed by atoms with Crippen molar-refractivity contribution in [2.45, 2.75) is 6.54 Å². The molecule has 0 saturated heterocycles. The number of carbonyl (C=O) groups is 1. The van der Waals surface area contributed by atoms with Crippen LogP contribution in [0.4, 0.5) is 10.1 Å². The Morgan fingerprint density at radius 3 is 2.71 bits per heavy atom. The number of carbonyl (C=O) groups excluding carboxylic acids is 1. The van der Waals surface area contributed by atoms with Gasteiger partial charge in [0, 0.05) is 17.8 Å². The number of H-pyrrole nitrogens is 2. The van der Waals surface area contributed by atoms with Gasteiger partial charge in [-0.3, -0.25) is 9.69 Å². The fraction of sp³-hybridized carbons (Fsp3) is 0.176. The van der Waals surface area contributed by atoms with Gasteiger partial charge < -0.3 is 15.3 Å². The molecule has 0 spiro atoms. The van der Waals surface area contributed by atoms with E-state index in [9.17, 15) is 14.0 Å². The van der Waals surface area contributed by atoms with Gasteiger partial charge in [0.25, 0.3) is 0 Å². The van der Waals surface area contributed by atoms with E-state index in [0.29, 0.717) is 28.8 Å². The van der Waals surface area contributed by atoms with E-state index < -0.39 is 0 Å². The molecule has 2 aromatic carbocycles. The van der Waals surface area contributed by atoms with Crippen molar-refractivity contribution in [3.05, 3.63) is 64.3 Å². The Kier molecular flexibility index (Phi) is 4.43. The molecule has 6 nitrogen and oxygen atoms in total. The number of nitrogens with zero attached hydrogens (tertiary/aromatic N) is 1. The minimum absolute atomic E-state index is 0.121. The van der Waals surface area contributed by atoms with Gasteiger partial charge in [-0.25, -0.2) is 9.18 Å². The second kappa shape index (κ2) is 6.67. The summed E-state index contributed by atoms with van der Waals surface area (Å²) in [5, 5.41) is 2.76. The lowest BCUT2D eigenvalue weighted by atomic mass is 10.2. The molecule has 1 aromatic heterocycles. The maximum absolute atomic E-state index is 13.6. The Morgan fingerprint density at radius 2 is 1.92 bits per heavy atom. The van der Waals surface area contributed by atoms with Crippen molar-refractivity contribution >= 4 is 22.6 Å². The molecule has 3 aromatic rings. The van der Waals surface area contributed by atoms with Crippen LogP contribution in [-0.4, -0.2) is 34.4 Å². The molecule has 3 N–H and O–H groups in total. The van der Waals surface area contributed by atoms with Crippen molar-refractivity contribution in [1.82, 2.24) is 14.9 Å². The maximum Gasteiger partial charge on any atom is 0.323 e. The molecular formula is C17H17FN4O2. The van der Waals surface area contributed by atoms with E-state index in [1.165, 1.54) is 6.07 Å². The SMILES string of the molecule is CN(CC(=O)Nc1ccc2[nH]c(=O)[nH]c2c1)Cc1ccccc1F. The van der Waals surface area contributed by atoms with Gasteiger partial charge in [-0.15, -0.1) is 0 Å². The molecule has 0 bridgehead atoms. The monoisotopic (exact) mass is 328 g/mol. The third kappa shape index (κ3) is 3.69. The normalized spacial score (nSPS) is 11.1. The zero-order valence-corrected chi connectivity index (χ0v) is 13.1. The number of hydrogen-bond donors (Lipinski definition) is 3. The van der Waals surface area contributed by atoms with Gasteiger partial charge >= 0.3 is 5.69 Å². The second-order valence-electron chi connectivity index (χ2n) is 5.65. The lowest BCUT2D eigenvalue weighted by molar-refractivity contribution is -0.117. The molecule has 1 amide bonds. The average Bonchev–Trinajstić information content (AvgIpc) is 2.88. The summed E-state index contributed by atoms with van der Waals surface area (Å²) in [7, 11) is 1.75. The van der Waals surface area contributed by atoms with Gasteiger partial charge in [-0.05, 0) is 31.3 Å². The molecule has 0 atom stereocenters. The number of halogens is 1. The third-order valence-electron chi connectivity index (χ3n) is 3.61. The van der Waals surface area contributed by atoms with Gasteiger partial charge in [0.2, 0.25) is 5.91 Å². The van der Waals surface area contributed by atoms with Gasteiger partial charge in [-0.1, -0.05) is 18.2 Å². The topological polar surface area (TPSA) is 81.0 Å². The number of benzene rings is 2. The fourth-order valence-electron chi connectivity index (χ4n) is 2.53. The number of rotatable bonds is 5. The number of hydrogen-bond acceptors (Lipinski definition) is 3. The van der Waals surface area contributed by atoms with E-state index in [0.717, 1.165) is 0 Å². The molecular weight excluding hydrogens is 311 g/mol. The highest BCUT2D eigenvalue weighted by Crippen LogP contribution is 2.14. The van der Waals surface area contributed by atoms with Gasteiger partial charge in [0.1, 0.15) is 5.82 Å². The van der Waals surface area contributed by atoms with Crippen molar-refractivity contribution in [3.8, 4) is 0 Å². The summed E-state index contributed by atoms with van der Waals surface area (Å²) < 4.78 is 13.6. The molecule has 0 aliphatic rings. The summed E-state index contributed by atoms with van der Waals surface area (Å²) in [5.41, 5.74) is 2.13. The lowest BCUT2D eigenvalue weighted by Crippen LogP contribution is -2.30. The highest BCUT2D eigenvalue weighted by atomic mass is 19.1. The van der Waals surface area contributed by atoms with Crippen LogP contribution < -0.4 is 11.0 Å². The predicted octanol–water partition coefficient (Wildman–Crippen LogP) is 2.07. The summed E-state index contributed by atoms with van der Waals surface area (Å²) >= 11 is 0. The number of imidazole rings is 1. The van der Waals surface area contributed by atoms with Crippen LogP contribution >= 0.6 is 0 Å². The van der Waals surface area contributed by atoms with Crippen molar-refractivity contribution < 1.29 is 9.18 Å². The third-order valence-corrected chi connectivity index (χ3v) is 3.61. The number of aromatic amines is 2. The highest BCUT2D eigenvalue weighted by molar-refractivity contribution is 5.94. The molecule has 0 aliphatic carbocycles. The van der Waals surface area contributed by atoms with E-state index in [4.69, 9.17) is 0 Å². The number of likely N-dealkylation sites (N-methyl/N-ethyl adjacent to an activating group) is 1. The Labute approximate surface area is 137 Å². The molecule has 7 heteroatoms. The van der Waals surface area contributed by atoms with Crippen LogP contribution in [-0.2, 0) is 11.3 Å². The van der Waals surface area contributed by atoms with E-state index in [2.05, 4.69) is 15.3 Å². The Morgan fingerprint density at radius 1 is 1.17 bits per heavy atom. The van der Waals surface area contributed by atoms with Crippen molar-refractivity contribution in [2.24, 2.45) is 0 Å². The predicted molar refractivity (Wildman–Crippen MR) is 90.3 cm³/mol. The number of fused-ring (bicyclic) bond motifs is 1. The molecule has 0 radical (unpaired) electrons. The van der Waals surface area contributed by atoms with Crippen LogP contribution in [0.3, 0.4) is 0 Å². The first-order chi connectivity index (χ1) is 11.5. The van der Waals surface area contributed by atoms with E-state index in [-0.39, 0.29) is 24.0 Å². The molecule has 3 rings (SSSR count). The molecule has 124 valence electrons. The summed E-state index contributed by atoms with van der Waals surface area (Å²) in [4.78, 5) is 30.3. The minimum Gasteiger partial charge on any atom is -0.325 e. The summed E-state index contributed by atoms with van der Waals surface area (Å²) in [5.74, 6) is -0.502. The quantitative estimate of drug-likeness (QED) is 0.671. The van der Waals surface area contributed by atoms with Crippen LogP contribution in [0.2, 0.25) is 0 Å². The van der Waals surface area contributed by atoms with E-state index >= 15 is 0 Å². The van der Waals surface area contributed by atoms with Gasteiger partial charge in [0.05, 0.1) is 17.6 Å². The first-order valence-corrected chi connectivity index (χ1v) is 7.45. The first-order valence-electron chi connectivity index (χ1n) is 7.45. The number of aromatic nitrogens is 2. The van der Waals surface area contributed by atoms with Crippen molar-refractivity contribution in [1.29, 1.82) is 0 Å². The summed E-state index contributed by atoms with van der Waals surface area (Å²) in [6.07, 6.45) is 0. The number of amides is 1. The van der Waals surface area contributed by atoms with Crippen molar-refractivity contribution in [2.75, 3.05) is 18.9 Å². The van der Waals surface area contributed by atoms with E-state index in [1.54, 1.807) is 48.3 Å². The second-order valence-corrected chi connectivity index (χ2v) is 5.65. The van der Waals surface area contributed by atoms with Crippen LogP contribution in [0.15, 0.2) is 47.3 Å². The Bertz CT molecular complexity index is 931. The smallest absolute Gasteiger partial charge is 0.323 e. The average molecular weight is 328 g/mol. The standard InChI is InChI=1S/C17H17FN4O2/c1-22(9-11-4-2-3-5-13(11)18)10-16(23)19-12-6-7-14-15(8-12)21-17(24)20-14/h2-8H,9-10H2,1H3,(H,19,23)(H2,20,21,24). The van der Waals surface area contributed by atoms with E-state index in [1.807, 2.05) is 0 Å². The summed E-state index contributed by atoms with van der Waals surface area (Å²) in [6, 6.07) is 11.6. The number of nitrogens with one attached hydrogen (secondary N) is 3.